The highest BCUT2D eigenvalue weighted by Crippen LogP contribution is 2.22. The molecule has 0 aliphatic heterocycles. The summed E-state index contributed by atoms with van der Waals surface area (Å²) in [6.45, 7) is 0. The van der Waals surface area contributed by atoms with Crippen molar-refractivity contribution >= 4 is 12.0 Å². The first-order chi connectivity index (χ1) is 8.74. The zero-order chi connectivity index (χ0) is 12.8. The molecule has 1 aromatic rings. The van der Waals surface area contributed by atoms with Crippen LogP contribution in [0.5, 0.6) is 5.75 Å². The molecule has 1 N–H and O–H groups in total. The molecule has 0 radical (unpaired) electrons. The van der Waals surface area contributed by atoms with Crippen molar-refractivity contribution in [3.63, 3.8) is 0 Å². The molecule has 4 heteroatoms. The molecule has 1 saturated carbocycles. The second kappa shape index (κ2) is 6.19. The van der Waals surface area contributed by atoms with Crippen molar-refractivity contribution < 1.29 is 14.6 Å². The molecule has 1 aliphatic carbocycles. The molecular formula is C14H17NO3. The van der Waals surface area contributed by atoms with E-state index >= 15 is 0 Å². The predicted octanol–water partition coefficient (Wildman–Crippen LogP) is 2.89. The summed E-state index contributed by atoms with van der Waals surface area (Å²) in [4.78, 5) is 14.5. The third-order valence-corrected chi connectivity index (χ3v) is 3.01. The first-order valence-electron chi connectivity index (χ1n) is 6.28. The third-order valence-electron chi connectivity index (χ3n) is 3.01. The van der Waals surface area contributed by atoms with Crippen LogP contribution in [0, 0.1) is 0 Å². The van der Waals surface area contributed by atoms with Gasteiger partial charge in [-0.1, -0.05) is 6.42 Å². The zero-order valence-corrected chi connectivity index (χ0v) is 10.2. The minimum atomic E-state index is -0.973. The van der Waals surface area contributed by atoms with Gasteiger partial charge >= 0.3 is 5.97 Å². The number of nitrogens with zero attached hydrogens (tertiary/aromatic N) is 1. The van der Waals surface area contributed by atoms with Gasteiger partial charge in [0.15, 0.2) is 0 Å². The van der Waals surface area contributed by atoms with Crippen LogP contribution in [-0.4, -0.2) is 22.2 Å². The van der Waals surface area contributed by atoms with Gasteiger partial charge in [0.05, 0.1) is 18.0 Å². The summed E-state index contributed by atoms with van der Waals surface area (Å²) in [7, 11) is 0. The van der Waals surface area contributed by atoms with E-state index in [0.717, 1.165) is 24.7 Å². The number of hydrogen-bond acceptors (Lipinski definition) is 3. The summed E-state index contributed by atoms with van der Waals surface area (Å²) in [5.74, 6) is -0.214. The average molecular weight is 247 g/mol. The van der Waals surface area contributed by atoms with E-state index in [9.17, 15) is 4.79 Å². The average Bonchev–Trinajstić information content (AvgIpc) is 2.39. The number of carbonyl (C=O) groups is 1. The van der Waals surface area contributed by atoms with Crippen molar-refractivity contribution in [1.29, 1.82) is 0 Å². The molecule has 96 valence electrons. The van der Waals surface area contributed by atoms with Crippen LogP contribution in [0.25, 0.3) is 6.08 Å². The van der Waals surface area contributed by atoms with E-state index in [2.05, 4.69) is 4.98 Å². The molecule has 1 fully saturated rings. The molecule has 0 amide bonds. The standard InChI is InChI=1S/C14H17NO3/c16-14(17)9-7-11-6-8-13(10-15-11)18-12-4-2-1-3-5-12/h6-10,12H,1-5H2,(H,16,17). The van der Waals surface area contributed by atoms with Crippen LogP contribution in [0.1, 0.15) is 37.8 Å². The second-order valence-corrected chi connectivity index (χ2v) is 4.47. The topological polar surface area (TPSA) is 59.4 Å². The van der Waals surface area contributed by atoms with Crippen molar-refractivity contribution in [1.82, 2.24) is 4.98 Å². The van der Waals surface area contributed by atoms with Gasteiger partial charge in [0.1, 0.15) is 5.75 Å². The van der Waals surface area contributed by atoms with Crippen LogP contribution in [0.4, 0.5) is 0 Å². The molecule has 0 bridgehead atoms. The molecule has 1 heterocycles. The molecule has 0 atom stereocenters. The fraction of sp³-hybridized carbons (Fsp3) is 0.429. The van der Waals surface area contributed by atoms with E-state index in [1.165, 1.54) is 25.3 Å². The first kappa shape index (κ1) is 12.6. The molecule has 2 rings (SSSR count). The molecule has 0 aromatic carbocycles. The van der Waals surface area contributed by atoms with Gasteiger partial charge in [-0.15, -0.1) is 0 Å². The number of rotatable bonds is 4. The Hall–Kier alpha value is -1.84. The Morgan fingerprint density at radius 1 is 1.33 bits per heavy atom. The van der Waals surface area contributed by atoms with Crippen LogP contribution in [0.3, 0.4) is 0 Å². The molecule has 4 nitrogen and oxygen atoms in total. The number of pyridine rings is 1. The van der Waals surface area contributed by atoms with Gasteiger partial charge in [0.25, 0.3) is 0 Å². The Bertz CT molecular complexity index is 419. The van der Waals surface area contributed by atoms with Gasteiger partial charge in [0.2, 0.25) is 0 Å². The maximum absolute atomic E-state index is 10.4. The second-order valence-electron chi connectivity index (χ2n) is 4.47. The predicted molar refractivity (Wildman–Crippen MR) is 68.4 cm³/mol. The number of carboxylic acids is 1. The lowest BCUT2D eigenvalue weighted by molar-refractivity contribution is -0.131. The Morgan fingerprint density at radius 2 is 2.11 bits per heavy atom. The van der Waals surface area contributed by atoms with Gasteiger partial charge in [-0.3, -0.25) is 4.98 Å². The monoisotopic (exact) mass is 247 g/mol. The third kappa shape index (κ3) is 3.87. The summed E-state index contributed by atoms with van der Waals surface area (Å²) in [6, 6.07) is 3.60. The van der Waals surface area contributed by atoms with E-state index in [4.69, 9.17) is 9.84 Å². The number of carboxylic acid groups (broad SMARTS) is 1. The molecule has 0 spiro atoms. The minimum absolute atomic E-state index is 0.306. The maximum atomic E-state index is 10.4. The Labute approximate surface area is 106 Å². The van der Waals surface area contributed by atoms with Gasteiger partial charge < -0.3 is 9.84 Å². The lowest BCUT2D eigenvalue weighted by atomic mass is 9.98. The van der Waals surface area contributed by atoms with Crippen LogP contribution in [-0.2, 0) is 4.79 Å². The van der Waals surface area contributed by atoms with Gasteiger partial charge in [0, 0.05) is 6.08 Å². The number of aromatic nitrogens is 1. The first-order valence-corrected chi connectivity index (χ1v) is 6.28. The Kier molecular flexibility index (Phi) is 4.34. The SMILES string of the molecule is O=C(O)C=Cc1ccc(OC2CCCCC2)cn1. The summed E-state index contributed by atoms with van der Waals surface area (Å²) in [5, 5.41) is 8.51. The van der Waals surface area contributed by atoms with Crippen molar-refractivity contribution in [3.05, 3.63) is 30.1 Å². The highest BCUT2D eigenvalue weighted by Gasteiger charge is 2.14. The summed E-state index contributed by atoms with van der Waals surface area (Å²) in [5.41, 5.74) is 0.619. The van der Waals surface area contributed by atoms with Crippen molar-refractivity contribution in [3.8, 4) is 5.75 Å². The normalized spacial score (nSPS) is 16.9. The van der Waals surface area contributed by atoms with Crippen molar-refractivity contribution in [2.24, 2.45) is 0 Å². The lowest BCUT2D eigenvalue weighted by Crippen LogP contribution is -2.19. The summed E-state index contributed by atoms with van der Waals surface area (Å²) >= 11 is 0. The Balaban J connectivity index is 1.92. The molecule has 1 aromatic heterocycles. The van der Waals surface area contributed by atoms with E-state index in [1.807, 2.05) is 6.07 Å². The van der Waals surface area contributed by atoms with E-state index < -0.39 is 5.97 Å². The van der Waals surface area contributed by atoms with Crippen LogP contribution in [0.15, 0.2) is 24.4 Å². The van der Waals surface area contributed by atoms with E-state index in [-0.39, 0.29) is 0 Å². The van der Waals surface area contributed by atoms with Crippen molar-refractivity contribution in [2.75, 3.05) is 0 Å². The number of ether oxygens (including phenoxy) is 1. The molecule has 0 unspecified atom stereocenters. The van der Waals surface area contributed by atoms with Gasteiger partial charge in [-0.2, -0.15) is 0 Å². The number of aliphatic carboxylic acids is 1. The van der Waals surface area contributed by atoms with Crippen LogP contribution >= 0.6 is 0 Å². The van der Waals surface area contributed by atoms with Crippen LogP contribution in [0.2, 0.25) is 0 Å². The summed E-state index contributed by atoms with van der Waals surface area (Å²) in [6.07, 6.45) is 10.5. The number of hydrogen-bond donors (Lipinski definition) is 1. The lowest BCUT2D eigenvalue weighted by Gasteiger charge is -2.22. The van der Waals surface area contributed by atoms with Crippen LogP contribution < -0.4 is 4.74 Å². The summed E-state index contributed by atoms with van der Waals surface area (Å²) < 4.78 is 5.83. The zero-order valence-electron chi connectivity index (χ0n) is 10.2. The smallest absolute Gasteiger partial charge is 0.328 e. The highest BCUT2D eigenvalue weighted by molar-refractivity contribution is 5.84. The fourth-order valence-corrected chi connectivity index (χ4v) is 2.09. The highest BCUT2D eigenvalue weighted by atomic mass is 16.5. The maximum Gasteiger partial charge on any atom is 0.328 e. The van der Waals surface area contributed by atoms with E-state index in [1.54, 1.807) is 12.3 Å². The molecule has 0 saturated heterocycles. The molecular weight excluding hydrogens is 230 g/mol. The molecule has 18 heavy (non-hydrogen) atoms. The Morgan fingerprint density at radius 3 is 2.72 bits per heavy atom. The van der Waals surface area contributed by atoms with Gasteiger partial charge in [-0.25, -0.2) is 4.79 Å². The fourth-order valence-electron chi connectivity index (χ4n) is 2.09. The quantitative estimate of drug-likeness (QED) is 0.831. The van der Waals surface area contributed by atoms with E-state index in [0.29, 0.717) is 11.8 Å². The minimum Gasteiger partial charge on any atom is -0.489 e. The van der Waals surface area contributed by atoms with Crippen molar-refractivity contribution in [2.45, 2.75) is 38.2 Å². The van der Waals surface area contributed by atoms with Gasteiger partial charge in [-0.05, 0) is 43.9 Å². The largest absolute Gasteiger partial charge is 0.489 e. The molecule has 1 aliphatic rings.